The molecule has 0 saturated heterocycles. The van der Waals surface area contributed by atoms with Gasteiger partial charge in [-0.2, -0.15) is 0 Å². The summed E-state index contributed by atoms with van der Waals surface area (Å²) in [5.41, 5.74) is 2.69. The third-order valence-corrected chi connectivity index (χ3v) is 6.95. The van der Waals surface area contributed by atoms with Gasteiger partial charge in [0.25, 0.3) is 0 Å². The number of aryl methyl sites for hydroxylation is 2. The van der Waals surface area contributed by atoms with Gasteiger partial charge in [-0.15, -0.1) is 0 Å². The molecule has 156 valence electrons. The largest absolute Gasteiger partial charge is 0.273 e. The molecule has 0 unspecified atom stereocenters. The molecule has 29 heavy (non-hydrogen) atoms. The van der Waals surface area contributed by atoms with Crippen molar-refractivity contribution in [2.75, 3.05) is 11.5 Å². The predicted molar refractivity (Wildman–Crippen MR) is 116 cm³/mol. The van der Waals surface area contributed by atoms with Gasteiger partial charge < -0.3 is 0 Å². The van der Waals surface area contributed by atoms with Crippen LogP contribution in [0.4, 0.5) is 0 Å². The Kier molecular flexibility index (Phi) is 7.42. The maximum absolute atomic E-state index is 12.8. The number of benzene rings is 1. The van der Waals surface area contributed by atoms with Crippen LogP contribution in [0.25, 0.3) is 0 Å². The minimum Gasteiger partial charge on any atom is -0.273 e. The number of carbonyl (C=O) groups is 1. The molecule has 1 saturated carbocycles. The number of rotatable bonds is 7. The molecule has 1 aromatic heterocycles. The van der Waals surface area contributed by atoms with E-state index in [0.717, 1.165) is 36.8 Å². The van der Waals surface area contributed by atoms with Gasteiger partial charge in [-0.25, -0.2) is 8.42 Å². The van der Waals surface area contributed by atoms with E-state index >= 15 is 0 Å². The summed E-state index contributed by atoms with van der Waals surface area (Å²) in [6, 6.07) is 13.7. The molecule has 1 aliphatic rings. The summed E-state index contributed by atoms with van der Waals surface area (Å²) < 4.78 is 26.4. The van der Waals surface area contributed by atoms with Gasteiger partial charge in [-0.05, 0) is 55.9 Å². The highest BCUT2D eigenvalue weighted by molar-refractivity contribution is 7.92. The molecular formula is C23H30N2O3S. The van der Waals surface area contributed by atoms with E-state index in [1.807, 2.05) is 49.4 Å². The van der Waals surface area contributed by atoms with Crippen LogP contribution in [0.15, 0.2) is 53.7 Å². The first-order valence-electron chi connectivity index (χ1n) is 10.4. The van der Waals surface area contributed by atoms with Crippen molar-refractivity contribution in [1.29, 1.82) is 0 Å². The van der Waals surface area contributed by atoms with Gasteiger partial charge in [0, 0.05) is 6.20 Å². The van der Waals surface area contributed by atoms with Crippen molar-refractivity contribution in [3.63, 3.8) is 0 Å². The number of hydrogen-bond donors (Lipinski definition) is 0. The minimum absolute atomic E-state index is 0.00908. The van der Waals surface area contributed by atoms with Crippen LogP contribution < -0.4 is 5.49 Å². The Hall–Kier alpha value is -2.21. The van der Waals surface area contributed by atoms with Crippen LogP contribution in [0.5, 0.6) is 0 Å². The maximum Gasteiger partial charge on any atom is 0.247 e. The van der Waals surface area contributed by atoms with Crippen molar-refractivity contribution in [1.82, 2.24) is 4.57 Å². The van der Waals surface area contributed by atoms with Crippen LogP contribution in [-0.2, 0) is 16.3 Å². The molecule has 1 aromatic carbocycles. The highest BCUT2D eigenvalue weighted by Gasteiger charge is 2.19. The molecular weight excluding hydrogens is 384 g/mol. The molecule has 0 atom stereocenters. The summed E-state index contributed by atoms with van der Waals surface area (Å²) in [4.78, 5) is 17.6. The molecule has 1 aliphatic carbocycles. The molecule has 0 bridgehead atoms. The van der Waals surface area contributed by atoms with Crippen LogP contribution >= 0.6 is 0 Å². The van der Waals surface area contributed by atoms with Crippen molar-refractivity contribution in [3.8, 4) is 0 Å². The van der Waals surface area contributed by atoms with Crippen LogP contribution in [0, 0.1) is 6.92 Å². The summed E-state index contributed by atoms with van der Waals surface area (Å²) in [6.07, 6.45) is 8.46. The monoisotopic (exact) mass is 414 g/mol. The molecule has 0 radical (unpaired) electrons. The standard InChI is InChI=1S/C23H30N2O3S/c1-19-14-15-25(22(17-19)24-21-12-6-3-7-13-21)23(26)18-29(27,28)16-8-11-20-9-4-2-5-10-20/h2,4-5,9-10,14-15,17,21H,3,6-8,11-13,16,18H2,1H3. The average molecular weight is 415 g/mol. The Bertz CT molecular complexity index is 988. The van der Waals surface area contributed by atoms with Gasteiger partial charge in [-0.3, -0.25) is 14.4 Å². The fourth-order valence-electron chi connectivity index (χ4n) is 3.77. The average Bonchev–Trinajstić information content (AvgIpc) is 2.69. The first-order valence-corrected chi connectivity index (χ1v) is 12.3. The number of nitrogens with zero attached hydrogens (tertiary/aromatic N) is 2. The molecule has 0 spiro atoms. The summed E-state index contributed by atoms with van der Waals surface area (Å²) in [5, 5.41) is 0. The lowest BCUT2D eigenvalue weighted by Crippen LogP contribution is -2.33. The number of pyridine rings is 1. The zero-order valence-electron chi connectivity index (χ0n) is 17.1. The van der Waals surface area contributed by atoms with E-state index in [0.29, 0.717) is 18.3 Å². The highest BCUT2D eigenvalue weighted by atomic mass is 32.2. The Morgan fingerprint density at radius 2 is 1.83 bits per heavy atom. The molecule has 2 aromatic rings. The summed E-state index contributed by atoms with van der Waals surface area (Å²) >= 11 is 0. The van der Waals surface area contributed by atoms with E-state index in [9.17, 15) is 13.2 Å². The Morgan fingerprint density at radius 1 is 1.10 bits per heavy atom. The Labute approximate surface area is 173 Å². The molecule has 5 nitrogen and oxygen atoms in total. The summed E-state index contributed by atoms with van der Waals surface area (Å²) in [5.74, 6) is -0.906. The SMILES string of the molecule is Cc1ccn(C(=O)CS(=O)(=O)CCCc2ccccc2)c(=NC2CCCCC2)c1. The fourth-order valence-corrected chi connectivity index (χ4v) is 5.01. The molecule has 3 rings (SSSR count). The minimum atomic E-state index is -3.47. The van der Waals surface area contributed by atoms with Gasteiger partial charge in [0.1, 0.15) is 11.2 Å². The van der Waals surface area contributed by atoms with Crippen LogP contribution in [-0.4, -0.2) is 36.4 Å². The van der Waals surface area contributed by atoms with Crippen LogP contribution in [0.1, 0.15) is 54.4 Å². The van der Waals surface area contributed by atoms with Crippen molar-refractivity contribution in [2.45, 2.75) is 57.9 Å². The first-order chi connectivity index (χ1) is 13.9. The molecule has 1 heterocycles. The molecule has 0 amide bonds. The van der Waals surface area contributed by atoms with E-state index in [-0.39, 0.29) is 11.8 Å². The quantitative estimate of drug-likeness (QED) is 0.693. The van der Waals surface area contributed by atoms with E-state index < -0.39 is 21.5 Å². The lowest BCUT2D eigenvalue weighted by molar-refractivity contribution is 0.0934. The summed E-state index contributed by atoms with van der Waals surface area (Å²) in [6.45, 7) is 1.95. The van der Waals surface area contributed by atoms with Gasteiger partial charge in [-0.1, -0.05) is 49.6 Å². The molecule has 0 N–H and O–H groups in total. The van der Waals surface area contributed by atoms with Gasteiger partial charge in [0.2, 0.25) is 5.91 Å². The Morgan fingerprint density at radius 3 is 2.55 bits per heavy atom. The third-order valence-electron chi connectivity index (χ3n) is 5.36. The lowest BCUT2D eigenvalue weighted by Gasteiger charge is -2.18. The number of carbonyl (C=O) groups excluding carboxylic acids is 1. The Balaban J connectivity index is 1.68. The zero-order chi connectivity index (χ0) is 20.7. The van der Waals surface area contributed by atoms with Crippen molar-refractivity contribution in [2.24, 2.45) is 4.99 Å². The fraction of sp³-hybridized carbons (Fsp3) is 0.478. The predicted octanol–water partition coefficient (Wildman–Crippen LogP) is 3.72. The second kappa shape index (κ2) is 10.0. The molecule has 0 aliphatic heterocycles. The van der Waals surface area contributed by atoms with Gasteiger partial charge >= 0.3 is 0 Å². The van der Waals surface area contributed by atoms with E-state index in [1.165, 1.54) is 11.0 Å². The van der Waals surface area contributed by atoms with Crippen molar-refractivity contribution < 1.29 is 13.2 Å². The summed E-state index contributed by atoms with van der Waals surface area (Å²) in [7, 11) is -3.47. The van der Waals surface area contributed by atoms with Gasteiger partial charge in [0.05, 0.1) is 11.8 Å². The number of aromatic nitrogens is 1. The second-order valence-corrected chi connectivity index (χ2v) is 10.1. The third kappa shape index (κ3) is 6.67. The lowest BCUT2D eigenvalue weighted by atomic mass is 9.96. The van der Waals surface area contributed by atoms with Crippen molar-refractivity contribution >= 4 is 15.7 Å². The van der Waals surface area contributed by atoms with Gasteiger partial charge in [0.15, 0.2) is 9.84 Å². The molecule has 6 heteroatoms. The normalized spacial score (nSPS) is 16.1. The number of sulfone groups is 1. The second-order valence-electron chi connectivity index (χ2n) is 7.93. The maximum atomic E-state index is 12.8. The van der Waals surface area contributed by atoms with E-state index in [1.54, 1.807) is 6.20 Å². The first kappa shape index (κ1) is 21.5. The highest BCUT2D eigenvalue weighted by Crippen LogP contribution is 2.19. The van der Waals surface area contributed by atoms with E-state index in [2.05, 4.69) is 0 Å². The zero-order valence-corrected chi connectivity index (χ0v) is 17.9. The topological polar surface area (TPSA) is 68.5 Å². The van der Waals surface area contributed by atoms with Crippen LogP contribution in [0.3, 0.4) is 0 Å². The van der Waals surface area contributed by atoms with E-state index in [4.69, 9.17) is 4.99 Å². The van der Waals surface area contributed by atoms with Crippen molar-refractivity contribution in [3.05, 3.63) is 65.3 Å². The van der Waals surface area contributed by atoms with Crippen LogP contribution in [0.2, 0.25) is 0 Å². The molecule has 1 fully saturated rings. The smallest absolute Gasteiger partial charge is 0.247 e. The number of hydrogen-bond acceptors (Lipinski definition) is 4.